The molecule has 1 aliphatic heterocycles. The van der Waals surface area contributed by atoms with Crippen LogP contribution in [-0.2, 0) is 52.0 Å². The molecule has 0 spiro atoms. The van der Waals surface area contributed by atoms with E-state index < -0.39 is 0 Å². The monoisotopic (exact) mass is 1860 g/mol. The third-order valence-electron chi connectivity index (χ3n) is 28.9. The number of nitrogens with zero attached hydrogens (tertiary/aromatic N) is 10. The van der Waals surface area contributed by atoms with Crippen LogP contribution in [0, 0.1) is 11.8 Å². The predicted molar refractivity (Wildman–Crippen MR) is 566 cm³/mol. The van der Waals surface area contributed by atoms with Crippen molar-refractivity contribution in [3.8, 4) is 17.2 Å². The minimum Gasteiger partial charge on any atom is -0.507 e. The van der Waals surface area contributed by atoms with Crippen molar-refractivity contribution >= 4 is 166 Å². The molecule has 21 heteroatoms. The molecular weight excluding hydrogens is 1720 g/mol. The number of benzene rings is 10. The molecule has 0 saturated carbocycles. The number of phenolic OH excluding ortho intramolecular Hbond substituents is 3. The molecule has 1 saturated heterocycles. The maximum absolute atomic E-state index is 12.6. The van der Waals surface area contributed by atoms with Crippen LogP contribution in [0.2, 0.25) is 0 Å². The second kappa shape index (κ2) is 41.9. The average Bonchev–Trinajstić information content (AvgIpc) is 1.56. The summed E-state index contributed by atoms with van der Waals surface area (Å²) in [5.41, 5.74) is 24.6. The van der Waals surface area contributed by atoms with Crippen LogP contribution in [-0.4, -0.2) is 210 Å². The topological polar surface area (TPSA) is 238 Å². The lowest BCUT2D eigenvalue weighted by molar-refractivity contribution is 0.0932. The molecule has 10 aromatic carbocycles. The number of carbonyl (C=O) groups is 8. The molecule has 3 N–H and O–H groups in total. The summed E-state index contributed by atoms with van der Waals surface area (Å²) in [7, 11) is 14.5. The number of fused-ring (bicyclic) bond motifs is 21. The van der Waals surface area contributed by atoms with Crippen molar-refractivity contribution in [3.63, 3.8) is 0 Å². The zero-order chi connectivity index (χ0) is 99.0. The van der Waals surface area contributed by atoms with Gasteiger partial charge in [-0.1, -0.05) is 66.8 Å². The number of ketones is 8. The van der Waals surface area contributed by atoms with Gasteiger partial charge in [0.15, 0.2) is 46.3 Å². The van der Waals surface area contributed by atoms with E-state index in [2.05, 4.69) is 166 Å². The van der Waals surface area contributed by atoms with E-state index in [4.69, 9.17) is 0 Å². The summed E-state index contributed by atoms with van der Waals surface area (Å²) in [6, 6.07) is 47.8. The highest BCUT2D eigenvalue weighted by Gasteiger charge is 2.32. The second-order valence-electron chi connectivity index (χ2n) is 39.8. The number of aromatic hydroxyl groups is 3. The highest BCUT2D eigenvalue weighted by atomic mass is 16.3. The number of likely N-dealkylation sites (tertiary alicyclic amines) is 1. The second-order valence-corrected chi connectivity index (χ2v) is 39.8. The number of allylic oxidation sites excluding steroid dienone is 2. The maximum Gasteiger partial charge on any atom is 0.165 e. The Balaban J connectivity index is 0.000000131. The third kappa shape index (κ3) is 20.0. The van der Waals surface area contributed by atoms with Crippen LogP contribution in [0.15, 0.2) is 159 Å². The third-order valence-corrected chi connectivity index (χ3v) is 28.9. The summed E-state index contributed by atoms with van der Waals surface area (Å²) in [6.07, 6.45) is 12.2. The van der Waals surface area contributed by atoms with Crippen LogP contribution in [0.5, 0.6) is 17.2 Å². The van der Waals surface area contributed by atoms with E-state index in [1.165, 1.54) is 112 Å². The maximum atomic E-state index is 12.6. The molecule has 138 heavy (non-hydrogen) atoms. The Hall–Kier alpha value is -12.8. The predicted octanol–water partition coefficient (Wildman–Crippen LogP) is 23.5. The quantitative estimate of drug-likeness (QED) is 0.0369. The molecule has 6 heterocycles. The number of Topliss-reactive ketones (excluding diaryl/α,β-unsaturated/α-hetero) is 8. The smallest absolute Gasteiger partial charge is 0.165 e. The van der Waals surface area contributed by atoms with Crippen molar-refractivity contribution in [3.05, 3.63) is 231 Å². The van der Waals surface area contributed by atoms with Gasteiger partial charge in [0.05, 0.1) is 33.2 Å². The largest absolute Gasteiger partial charge is 0.507 e. The fraction of sp³-hybridized carbons (Fsp3) is 0.385. The van der Waals surface area contributed by atoms with Gasteiger partial charge in [0.25, 0.3) is 0 Å². The summed E-state index contributed by atoms with van der Waals surface area (Å²) < 4.78 is 11.5. The Labute approximate surface area is 809 Å². The Morgan fingerprint density at radius 2 is 0.696 bits per heavy atom. The molecule has 5 aromatic heterocycles. The standard InChI is InChI=1S/C25H32N2O2.C25H28N2O.2C23H26N2O2.C21H24N2O4/c1-16(2)24(28)18-8-10-22-20(14-18)21-15-19(25(29)17(3)4)9-11-23(21)27(22)13-7-12-26(5)6;1-4-26(5-2)14-15-27-21-11-8-17-16(3)6-7-19(17)24(21)25-20-10-13-23(28)18(20)9-12-22(25)27;1-14-6-7-17-16(14)8-9-20-23(17)19-12-18(15(2)26)22(27)13-21(19)25(20)11-5-10-24(3)4;1-15(26)17-6-8-22-20(13-17)21-14-18(16(2)27)7-9-23(21)25(22)12-10-19-5-4-11-24(19)3;1-12(24)14-8-16-17-9-15(13(2)25)21(27)11-19(17)23(7-5-6-22(3)4)18(16)10-20(14)26/h8-11,14-17H,7,12-13H2,1-6H3;8-9,11-12H,3-7,10,13-15H2,1-2H3;8-9,12-13,27H,1,5-7,10-11H2,2-4H3;6-9,13-14,19H,4-5,10-12H2,1-3H3;8-11,26-27H,5-7H2,1-4H3. The first-order valence-electron chi connectivity index (χ1n) is 49.3. The van der Waals surface area contributed by atoms with Crippen molar-refractivity contribution in [2.45, 2.75) is 192 Å². The van der Waals surface area contributed by atoms with Crippen LogP contribution in [0.3, 0.4) is 0 Å². The molecule has 0 amide bonds. The molecule has 4 aliphatic rings. The minimum atomic E-state index is -0.228. The van der Waals surface area contributed by atoms with Crippen LogP contribution >= 0.6 is 0 Å². The molecule has 720 valence electrons. The summed E-state index contributed by atoms with van der Waals surface area (Å²) in [5.74, 6) is 0.00152. The Bertz CT molecular complexity index is 7100. The van der Waals surface area contributed by atoms with E-state index in [9.17, 15) is 53.7 Å². The van der Waals surface area contributed by atoms with E-state index >= 15 is 0 Å². The zero-order valence-electron chi connectivity index (χ0n) is 84.1. The van der Waals surface area contributed by atoms with Gasteiger partial charge in [-0.3, -0.25) is 38.4 Å². The lowest BCUT2D eigenvalue weighted by Gasteiger charge is -2.20. The number of phenols is 3. The number of hydrogen-bond donors (Lipinski definition) is 3. The van der Waals surface area contributed by atoms with Gasteiger partial charge in [-0.2, -0.15) is 0 Å². The molecule has 21 nitrogen and oxygen atoms in total. The number of carbonyl (C=O) groups excluding carboxylic acids is 8. The molecule has 1 fully saturated rings. The highest BCUT2D eigenvalue weighted by Crippen LogP contribution is 2.47. The van der Waals surface area contributed by atoms with Crippen molar-refractivity contribution < 1.29 is 53.7 Å². The van der Waals surface area contributed by atoms with E-state index in [1.54, 1.807) is 44.2 Å². The summed E-state index contributed by atoms with van der Waals surface area (Å²) in [4.78, 5) is 108. The number of hydrogen-bond acceptors (Lipinski definition) is 16. The van der Waals surface area contributed by atoms with Gasteiger partial charge in [-0.05, 0) is 348 Å². The first-order valence-corrected chi connectivity index (χ1v) is 49.3. The first kappa shape index (κ1) is 99.7. The van der Waals surface area contributed by atoms with Crippen LogP contribution < -0.4 is 0 Å². The van der Waals surface area contributed by atoms with Crippen molar-refractivity contribution in [2.24, 2.45) is 11.8 Å². The highest BCUT2D eigenvalue weighted by molar-refractivity contribution is 6.20. The van der Waals surface area contributed by atoms with E-state index in [0.717, 1.165) is 216 Å². The summed E-state index contributed by atoms with van der Waals surface area (Å²) >= 11 is 0. The first-order chi connectivity index (χ1) is 65.9. The molecule has 3 aliphatic carbocycles. The molecule has 1 unspecified atom stereocenters. The fourth-order valence-electron chi connectivity index (χ4n) is 21.5. The zero-order valence-corrected chi connectivity index (χ0v) is 84.1. The molecule has 1 atom stereocenters. The Morgan fingerprint density at radius 1 is 0.370 bits per heavy atom. The number of likely N-dealkylation sites (N-methyl/N-ethyl adjacent to an activating group) is 1. The lowest BCUT2D eigenvalue weighted by Crippen LogP contribution is -2.26. The van der Waals surface area contributed by atoms with Crippen molar-refractivity contribution in [2.75, 3.05) is 95.1 Å². The van der Waals surface area contributed by atoms with Crippen LogP contribution in [0.1, 0.15) is 245 Å². The van der Waals surface area contributed by atoms with Gasteiger partial charge in [-0.25, -0.2) is 0 Å². The van der Waals surface area contributed by atoms with E-state index in [0.29, 0.717) is 41.5 Å². The van der Waals surface area contributed by atoms with Gasteiger partial charge in [0.2, 0.25) is 0 Å². The average molecular weight is 1860 g/mol. The molecule has 0 bridgehead atoms. The number of rotatable bonds is 29. The van der Waals surface area contributed by atoms with Crippen molar-refractivity contribution in [1.29, 1.82) is 0 Å². The van der Waals surface area contributed by atoms with Gasteiger partial charge >= 0.3 is 0 Å². The molecule has 19 rings (SSSR count). The number of aryl methyl sites for hydroxylation is 7. The van der Waals surface area contributed by atoms with Gasteiger partial charge in [0.1, 0.15) is 17.2 Å². The summed E-state index contributed by atoms with van der Waals surface area (Å²) in [6.45, 7) is 39.8. The van der Waals surface area contributed by atoms with Gasteiger partial charge in [-0.15, -0.1) is 0 Å². The van der Waals surface area contributed by atoms with E-state index in [1.807, 2.05) is 101 Å². The molecular formula is C117H136N10O11. The van der Waals surface area contributed by atoms with Crippen molar-refractivity contribution in [1.82, 2.24) is 47.3 Å². The van der Waals surface area contributed by atoms with Gasteiger partial charge < -0.3 is 62.7 Å². The lowest BCUT2D eigenvalue weighted by atomic mass is 9.97. The van der Waals surface area contributed by atoms with Gasteiger partial charge in [0, 0.05) is 202 Å². The number of aromatic nitrogens is 5. The molecule has 0 radical (unpaired) electrons. The van der Waals surface area contributed by atoms with Crippen LogP contribution in [0.25, 0.3) is 120 Å². The minimum absolute atomic E-state index is 0.0426. The molecule has 15 aromatic rings. The SMILES string of the molecule is C=C1CCc2c1ccc1c2c2c3c(ccc2n1CCN(CC)CC)C(=O)CC3.C=C1CCc2c1ccc1c2c2cc(C(C)=O)c(O)cc2n1CCCN(C)C.CC(=O)c1cc2c3cc(C(C)=O)c(O)cc3n(CCCN(C)C)c2cc1O.CC(=O)c1ccc2c(c1)c1cc(C(C)=O)ccc1n2CCC1CCCN1C.CC(C)C(=O)c1ccc2c(c1)c1cc(C(=O)C(C)C)ccc1n2CCCN(C)C. The Kier molecular flexibility index (Phi) is 30.3. The summed E-state index contributed by atoms with van der Waals surface area (Å²) in [5, 5.41) is 41.8. The van der Waals surface area contributed by atoms with E-state index in [-0.39, 0.29) is 80.7 Å². The fourth-order valence-corrected chi connectivity index (χ4v) is 21.5. The Morgan fingerprint density at radius 3 is 1.08 bits per heavy atom. The normalized spacial score (nSPS) is 14.2. The van der Waals surface area contributed by atoms with Crippen LogP contribution in [0.4, 0.5) is 0 Å².